The van der Waals surface area contributed by atoms with Crippen molar-refractivity contribution in [2.45, 2.75) is 6.04 Å². The van der Waals surface area contributed by atoms with Gasteiger partial charge in [0, 0.05) is 27.6 Å². The van der Waals surface area contributed by atoms with Crippen molar-refractivity contribution in [1.82, 2.24) is 4.98 Å². The maximum atomic E-state index is 12.3. The van der Waals surface area contributed by atoms with Gasteiger partial charge in [-0.05, 0) is 18.2 Å². The van der Waals surface area contributed by atoms with E-state index in [1.807, 2.05) is 18.2 Å². The molecular weight excluding hydrogens is 306 g/mol. The number of benzene rings is 2. The molecule has 0 saturated heterocycles. The lowest BCUT2D eigenvalue weighted by molar-refractivity contribution is -0.485. The van der Waals surface area contributed by atoms with E-state index in [4.69, 9.17) is 0 Å². The average molecular weight is 317 g/mol. The largest absolute Gasteiger partial charge is 0.316 e. The zero-order chi connectivity index (χ0) is 16.7. The first-order valence-corrected chi connectivity index (χ1v) is 7.35. The summed E-state index contributed by atoms with van der Waals surface area (Å²) in [7, 11) is 0. The highest BCUT2D eigenvalue weighted by Crippen LogP contribution is 2.28. The summed E-state index contributed by atoms with van der Waals surface area (Å²) in [5.74, 6) is -0.520. The zero-order valence-electron chi connectivity index (χ0n) is 12.4. The Balaban J connectivity index is 1.89. The van der Waals surface area contributed by atoms with Crippen LogP contribution in [0.25, 0.3) is 10.9 Å². The van der Waals surface area contributed by atoms with Gasteiger partial charge in [0.25, 0.3) is 0 Å². The molecule has 0 amide bonds. The molecule has 0 radical (unpaired) electrons. The first kappa shape index (κ1) is 14.2. The van der Waals surface area contributed by atoms with E-state index in [1.165, 1.54) is 0 Å². The van der Waals surface area contributed by atoms with Gasteiger partial charge < -0.3 is 0 Å². The van der Waals surface area contributed by atoms with Crippen LogP contribution in [0.4, 0.5) is 5.69 Å². The van der Waals surface area contributed by atoms with Crippen LogP contribution in [-0.2, 0) is 0 Å². The van der Waals surface area contributed by atoms with Crippen LogP contribution in [0.3, 0.4) is 0 Å². The summed E-state index contributed by atoms with van der Waals surface area (Å²) in [5.41, 5.74) is 2.32. The Morgan fingerprint density at radius 2 is 1.83 bits per heavy atom. The number of fused-ring (bicyclic) bond motifs is 2. The zero-order valence-corrected chi connectivity index (χ0v) is 12.4. The van der Waals surface area contributed by atoms with Crippen LogP contribution in [-0.4, -0.2) is 27.4 Å². The molecule has 6 heteroatoms. The second-order valence-electron chi connectivity index (χ2n) is 5.48. The Bertz CT molecular complexity index is 1030. The number of aliphatic imine (C=N–C) groups is 1. The molecule has 3 aromatic rings. The molecule has 0 fully saturated rings. The van der Waals surface area contributed by atoms with Gasteiger partial charge in [0.2, 0.25) is 5.78 Å². The predicted octanol–water partition coefficient (Wildman–Crippen LogP) is 3.20. The summed E-state index contributed by atoms with van der Waals surface area (Å²) in [6, 6.07) is 14.4. The van der Waals surface area contributed by atoms with Crippen molar-refractivity contribution in [3.63, 3.8) is 0 Å². The van der Waals surface area contributed by atoms with Crippen molar-refractivity contribution < 1.29 is 9.72 Å². The van der Waals surface area contributed by atoms with E-state index in [0.29, 0.717) is 16.8 Å². The molecule has 0 saturated carbocycles. The van der Waals surface area contributed by atoms with Gasteiger partial charge in [0.1, 0.15) is 5.71 Å². The lowest BCUT2D eigenvalue weighted by Gasteiger charge is -2.04. The summed E-state index contributed by atoms with van der Waals surface area (Å²) in [4.78, 5) is 31.8. The number of nitrogens with zero attached hydrogens (tertiary/aromatic N) is 3. The number of Topliss-reactive ketones (excluding diaryl/α,β-unsaturated/α-hetero) is 1. The van der Waals surface area contributed by atoms with Gasteiger partial charge in [-0.15, -0.1) is 0 Å². The lowest BCUT2D eigenvalue weighted by atomic mass is 10.1. The van der Waals surface area contributed by atoms with Crippen LogP contribution >= 0.6 is 0 Å². The SMILES string of the molecule is O=C1c2ccccc2C(=Nc2ccc3cccnc3c2)[C@@H]1[N+](=O)[O-]. The number of pyridine rings is 1. The fourth-order valence-corrected chi connectivity index (χ4v) is 2.92. The molecule has 0 spiro atoms. The minimum absolute atomic E-state index is 0.177. The summed E-state index contributed by atoms with van der Waals surface area (Å²) >= 11 is 0. The van der Waals surface area contributed by atoms with Crippen molar-refractivity contribution in [3.8, 4) is 0 Å². The maximum Gasteiger partial charge on any atom is 0.316 e. The molecule has 4 rings (SSSR count). The van der Waals surface area contributed by atoms with Gasteiger partial charge >= 0.3 is 6.04 Å². The van der Waals surface area contributed by atoms with Crippen LogP contribution < -0.4 is 0 Å². The third-order valence-corrected chi connectivity index (χ3v) is 4.03. The molecule has 116 valence electrons. The summed E-state index contributed by atoms with van der Waals surface area (Å²) in [5, 5.41) is 12.3. The smallest absolute Gasteiger partial charge is 0.286 e. The molecule has 0 N–H and O–H groups in total. The molecule has 6 nitrogen and oxygen atoms in total. The van der Waals surface area contributed by atoms with E-state index in [2.05, 4.69) is 9.98 Å². The van der Waals surface area contributed by atoms with E-state index >= 15 is 0 Å². The molecule has 1 aliphatic rings. The molecule has 2 aromatic carbocycles. The van der Waals surface area contributed by atoms with Gasteiger partial charge in [-0.1, -0.05) is 36.4 Å². The topological polar surface area (TPSA) is 85.5 Å². The van der Waals surface area contributed by atoms with Gasteiger partial charge in [-0.2, -0.15) is 0 Å². The number of aromatic nitrogens is 1. The van der Waals surface area contributed by atoms with E-state index in [9.17, 15) is 14.9 Å². The quantitative estimate of drug-likeness (QED) is 0.536. The van der Waals surface area contributed by atoms with Crippen molar-refractivity contribution in [1.29, 1.82) is 0 Å². The lowest BCUT2D eigenvalue weighted by Crippen LogP contribution is -2.31. The highest BCUT2D eigenvalue weighted by atomic mass is 16.6. The van der Waals surface area contributed by atoms with Gasteiger partial charge in [0.05, 0.1) is 11.2 Å². The van der Waals surface area contributed by atoms with Crippen LogP contribution in [0.1, 0.15) is 15.9 Å². The van der Waals surface area contributed by atoms with E-state index in [1.54, 1.807) is 42.6 Å². The fourth-order valence-electron chi connectivity index (χ4n) is 2.92. The number of carbonyl (C=O) groups excluding carboxylic acids is 1. The molecule has 0 bridgehead atoms. The van der Waals surface area contributed by atoms with Crippen LogP contribution in [0.2, 0.25) is 0 Å². The van der Waals surface area contributed by atoms with Gasteiger partial charge in [0.15, 0.2) is 0 Å². The van der Waals surface area contributed by atoms with Gasteiger partial charge in [-0.3, -0.25) is 19.9 Å². The third kappa shape index (κ3) is 2.16. The van der Waals surface area contributed by atoms with Crippen molar-refractivity contribution in [3.05, 3.63) is 82.0 Å². The maximum absolute atomic E-state index is 12.3. The Morgan fingerprint density at radius 1 is 1.04 bits per heavy atom. The second-order valence-corrected chi connectivity index (χ2v) is 5.48. The number of rotatable bonds is 2. The minimum Gasteiger partial charge on any atom is -0.286 e. The summed E-state index contributed by atoms with van der Waals surface area (Å²) in [6.07, 6.45) is 1.67. The molecule has 0 unspecified atom stereocenters. The monoisotopic (exact) mass is 317 g/mol. The molecule has 1 aliphatic carbocycles. The molecular formula is C18H11N3O3. The Hall–Kier alpha value is -3.41. The van der Waals surface area contributed by atoms with Crippen LogP contribution in [0, 0.1) is 10.1 Å². The Labute approximate surface area is 136 Å². The van der Waals surface area contributed by atoms with E-state index in [0.717, 1.165) is 10.9 Å². The summed E-state index contributed by atoms with van der Waals surface area (Å²) < 4.78 is 0. The fraction of sp³-hybridized carbons (Fsp3) is 0.0556. The molecule has 1 aromatic heterocycles. The first-order valence-electron chi connectivity index (χ1n) is 7.35. The third-order valence-electron chi connectivity index (χ3n) is 4.03. The van der Waals surface area contributed by atoms with Gasteiger partial charge in [-0.25, -0.2) is 4.99 Å². The molecule has 24 heavy (non-hydrogen) atoms. The number of carbonyl (C=O) groups is 1. The minimum atomic E-state index is -1.46. The first-order chi connectivity index (χ1) is 11.6. The van der Waals surface area contributed by atoms with Crippen molar-refractivity contribution in [2.75, 3.05) is 0 Å². The number of ketones is 1. The number of hydrogen-bond donors (Lipinski definition) is 0. The van der Waals surface area contributed by atoms with Crippen LogP contribution in [0.15, 0.2) is 65.8 Å². The normalized spacial score (nSPS) is 18.1. The second kappa shape index (κ2) is 5.34. The number of hydrogen-bond acceptors (Lipinski definition) is 5. The van der Waals surface area contributed by atoms with Crippen molar-refractivity contribution in [2.24, 2.45) is 4.99 Å². The van der Waals surface area contributed by atoms with Crippen molar-refractivity contribution >= 4 is 28.1 Å². The predicted molar refractivity (Wildman–Crippen MR) is 89.5 cm³/mol. The highest BCUT2D eigenvalue weighted by molar-refractivity contribution is 6.30. The highest BCUT2D eigenvalue weighted by Gasteiger charge is 2.45. The Morgan fingerprint density at radius 3 is 2.62 bits per heavy atom. The standard InChI is InChI=1S/C18H11N3O3/c22-18-14-6-2-1-5-13(14)16(17(18)21(23)24)20-12-8-7-11-4-3-9-19-15(11)10-12/h1-10,17H/t17-/m0/s1. The molecule has 1 atom stereocenters. The summed E-state index contributed by atoms with van der Waals surface area (Å²) in [6.45, 7) is 0. The number of nitro groups is 1. The molecule has 0 aliphatic heterocycles. The van der Waals surface area contributed by atoms with Crippen LogP contribution in [0.5, 0.6) is 0 Å². The van der Waals surface area contributed by atoms with E-state index < -0.39 is 16.7 Å². The molecule has 1 heterocycles. The Kier molecular flexibility index (Phi) is 3.16. The average Bonchev–Trinajstić information content (AvgIpc) is 2.87. The van der Waals surface area contributed by atoms with E-state index in [-0.39, 0.29) is 5.71 Å².